The highest BCUT2D eigenvalue weighted by Crippen LogP contribution is 2.77. The van der Waals surface area contributed by atoms with Crippen LogP contribution in [0.2, 0.25) is 0 Å². The van der Waals surface area contributed by atoms with Gasteiger partial charge in [0.2, 0.25) is 5.91 Å². The second kappa shape index (κ2) is 13.3. The lowest BCUT2D eigenvalue weighted by Crippen LogP contribution is -2.66. The van der Waals surface area contributed by atoms with Crippen molar-refractivity contribution < 1.29 is 14.7 Å². The van der Waals surface area contributed by atoms with E-state index in [-0.39, 0.29) is 5.41 Å². The quantitative estimate of drug-likeness (QED) is 0.158. The van der Waals surface area contributed by atoms with Crippen molar-refractivity contribution in [3.8, 4) is 0 Å². The summed E-state index contributed by atoms with van der Waals surface area (Å²) < 4.78 is 0. The Balaban J connectivity index is 1.23. The Hall–Kier alpha value is -1.32. The highest BCUT2D eigenvalue weighted by molar-refractivity contribution is 5.83. The lowest BCUT2D eigenvalue weighted by Gasteiger charge is -2.72. The number of amides is 1. The molecule has 45 heavy (non-hydrogen) atoms. The van der Waals surface area contributed by atoms with Gasteiger partial charge in [0.05, 0.1) is 5.41 Å². The van der Waals surface area contributed by atoms with E-state index in [4.69, 9.17) is 5.11 Å². The van der Waals surface area contributed by atoms with Crippen LogP contribution < -0.4 is 5.32 Å². The summed E-state index contributed by atoms with van der Waals surface area (Å²) >= 11 is 0. The van der Waals surface area contributed by atoms with Crippen LogP contribution in [0.15, 0.2) is 12.2 Å². The van der Waals surface area contributed by atoms with Gasteiger partial charge < -0.3 is 10.4 Å². The molecule has 0 radical (unpaired) electrons. The summed E-state index contributed by atoms with van der Waals surface area (Å²) in [7, 11) is 0. The number of fused-ring (bicyclic) bond motifs is 7. The van der Waals surface area contributed by atoms with Crippen molar-refractivity contribution in [1.82, 2.24) is 5.32 Å². The second-order valence-corrected chi connectivity index (χ2v) is 18.4. The first-order valence-electron chi connectivity index (χ1n) is 19.4. The Morgan fingerprint density at radius 3 is 2.07 bits per heavy atom. The molecule has 2 N–H and O–H groups in total. The van der Waals surface area contributed by atoms with Gasteiger partial charge >= 0.3 is 5.97 Å². The Morgan fingerprint density at radius 1 is 0.733 bits per heavy atom. The third-order valence-electron chi connectivity index (χ3n) is 15.9. The number of aliphatic carboxylic acids is 1. The molecule has 4 nitrogen and oxygen atoms in total. The normalized spacial score (nSPS) is 41.7. The predicted octanol–water partition coefficient (Wildman–Crippen LogP) is 10.7. The van der Waals surface area contributed by atoms with E-state index < -0.39 is 5.97 Å². The summed E-state index contributed by atoms with van der Waals surface area (Å²) in [5.74, 6) is 2.89. The monoisotopic (exact) mass is 624 g/mol. The number of carbonyl (C=O) groups is 2. The van der Waals surface area contributed by atoms with Gasteiger partial charge in [0.15, 0.2) is 0 Å². The van der Waals surface area contributed by atoms with Crippen molar-refractivity contribution in [3.05, 3.63) is 12.2 Å². The number of rotatable bonds is 13. The number of allylic oxidation sites excluding steroid dienone is 1. The van der Waals surface area contributed by atoms with Gasteiger partial charge in [-0.1, -0.05) is 91.7 Å². The molecule has 5 aliphatic rings. The largest absolute Gasteiger partial charge is 0.481 e. The highest BCUT2D eigenvalue weighted by Gasteiger charge is 2.71. The molecule has 0 heterocycles. The maximum absolute atomic E-state index is 14.3. The molecule has 9 atom stereocenters. The molecule has 5 saturated carbocycles. The average Bonchev–Trinajstić information content (AvgIpc) is 3.37. The molecular formula is C41H69NO3. The molecule has 0 saturated heterocycles. The molecule has 0 bridgehead atoms. The smallest absolute Gasteiger partial charge is 0.303 e. The van der Waals surface area contributed by atoms with Crippen LogP contribution in [-0.4, -0.2) is 23.5 Å². The minimum atomic E-state index is -0.681. The third kappa shape index (κ3) is 6.09. The maximum atomic E-state index is 14.3. The molecule has 0 aromatic rings. The molecule has 5 rings (SSSR count). The van der Waals surface area contributed by atoms with Gasteiger partial charge in [0.1, 0.15) is 0 Å². The van der Waals surface area contributed by atoms with Crippen LogP contribution in [0.3, 0.4) is 0 Å². The van der Waals surface area contributed by atoms with Crippen LogP contribution in [0.5, 0.6) is 0 Å². The number of carbonyl (C=O) groups excluding carboxylic acids is 1. The number of carboxylic acid groups (broad SMARTS) is 1. The molecular weight excluding hydrogens is 554 g/mol. The van der Waals surface area contributed by atoms with E-state index in [1.54, 1.807) is 0 Å². The van der Waals surface area contributed by atoms with Crippen molar-refractivity contribution in [2.24, 2.45) is 56.7 Å². The lowest BCUT2D eigenvalue weighted by molar-refractivity contribution is -0.235. The molecule has 5 aliphatic carbocycles. The van der Waals surface area contributed by atoms with E-state index in [9.17, 15) is 9.59 Å². The zero-order valence-electron chi connectivity index (χ0n) is 30.2. The highest BCUT2D eigenvalue weighted by atomic mass is 16.4. The maximum Gasteiger partial charge on any atom is 0.303 e. The van der Waals surface area contributed by atoms with Crippen LogP contribution in [0.25, 0.3) is 0 Å². The number of unbranched alkanes of at least 4 members (excludes halogenated alkanes) is 7. The Kier molecular flexibility index (Phi) is 10.3. The van der Waals surface area contributed by atoms with Gasteiger partial charge in [-0.05, 0) is 135 Å². The first kappa shape index (κ1) is 35.0. The van der Waals surface area contributed by atoms with Gasteiger partial charge in [-0.2, -0.15) is 0 Å². The molecule has 256 valence electrons. The van der Waals surface area contributed by atoms with E-state index in [1.807, 2.05) is 0 Å². The molecule has 0 aromatic carbocycles. The zero-order chi connectivity index (χ0) is 32.7. The minimum absolute atomic E-state index is 0.207. The van der Waals surface area contributed by atoms with E-state index in [0.29, 0.717) is 51.7 Å². The van der Waals surface area contributed by atoms with Crippen molar-refractivity contribution >= 4 is 11.9 Å². The first-order chi connectivity index (χ1) is 21.2. The zero-order valence-corrected chi connectivity index (χ0v) is 30.2. The summed E-state index contributed by atoms with van der Waals surface area (Å²) in [6, 6.07) is 0. The second-order valence-electron chi connectivity index (χ2n) is 18.4. The molecule has 5 fully saturated rings. The number of hydrogen-bond donors (Lipinski definition) is 2. The fourth-order valence-corrected chi connectivity index (χ4v) is 13.5. The van der Waals surface area contributed by atoms with Gasteiger partial charge in [-0.15, -0.1) is 0 Å². The molecule has 0 spiro atoms. The van der Waals surface area contributed by atoms with Crippen LogP contribution in [0.4, 0.5) is 0 Å². The first-order valence-corrected chi connectivity index (χ1v) is 19.4. The fraction of sp³-hybridized carbons (Fsp3) is 0.902. The minimum Gasteiger partial charge on any atom is -0.481 e. The number of hydrogen-bond acceptors (Lipinski definition) is 2. The summed E-state index contributed by atoms with van der Waals surface area (Å²) in [4.78, 5) is 25.0. The Morgan fingerprint density at radius 2 is 1.40 bits per heavy atom. The van der Waals surface area contributed by atoms with E-state index in [0.717, 1.165) is 69.7 Å². The molecule has 0 aliphatic heterocycles. The summed E-state index contributed by atoms with van der Waals surface area (Å²) in [5, 5.41) is 12.3. The van der Waals surface area contributed by atoms with Crippen molar-refractivity contribution in [1.29, 1.82) is 0 Å². The van der Waals surface area contributed by atoms with Crippen LogP contribution >= 0.6 is 0 Å². The summed E-state index contributed by atoms with van der Waals surface area (Å²) in [6.07, 6.45) is 23.2. The number of carboxylic acids is 1. The number of nitrogens with one attached hydrogen (secondary N) is 1. The molecule has 1 amide bonds. The van der Waals surface area contributed by atoms with Gasteiger partial charge in [0, 0.05) is 13.0 Å². The SMILES string of the molecule is C=C(C)[C@@H]1CC[C@]2(C(=O)NCCCCCCCCCCC(=O)O)CC[C@]3(C)[C@H](CCC4[C@@]5(C)CCCC(C)(C)[C@@H]5CC[C@]43C)[C@@H]12. The lowest BCUT2D eigenvalue weighted by atomic mass is 9.32. The molecule has 1 unspecified atom stereocenters. The van der Waals surface area contributed by atoms with Gasteiger partial charge in [-0.25, -0.2) is 0 Å². The van der Waals surface area contributed by atoms with Gasteiger partial charge in [-0.3, -0.25) is 9.59 Å². The van der Waals surface area contributed by atoms with Crippen LogP contribution in [0, 0.1) is 56.7 Å². The van der Waals surface area contributed by atoms with Crippen molar-refractivity contribution in [3.63, 3.8) is 0 Å². The van der Waals surface area contributed by atoms with Gasteiger partial charge in [0.25, 0.3) is 0 Å². The Bertz CT molecular complexity index is 1100. The molecule has 0 aromatic heterocycles. The Labute approximate surface area is 276 Å². The predicted molar refractivity (Wildman–Crippen MR) is 186 cm³/mol. The summed E-state index contributed by atoms with van der Waals surface area (Å²) in [6.45, 7) is 20.9. The van der Waals surface area contributed by atoms with Crippen LogP contribution in [-0.2, 0) is 9.59 Å². The fourth-order valence-electron chi connectivity index (χ4n) is 13.5. The van der Waals surface area contributed by atoms with Crippen molar-refractivity contribution in [2.45, 2.75) is 170 Å². The summed E-state index contributed by atoms with van der Waals surface area (Å²) in [5.41, 5.74) is 2.69. The van der Waals surface area contributed by atoms with Crippen LogP contribution in [0.1, 0.15) is 170 Å². The molecule has 4 heteroatoms. The third-order valence-corrected chi connectivity index (χ3v) is 15.9. The topological polar surface area (TPSA) is 66.4 Å². The average molecular weight is 624 g/mol. The van der Waals surface area contributed by atoms with E-state index >= 15 is 0 Å². The standard InChI is InChI=1S/C41H69NO3/c1-29(2)30-20-25-41(36(45)42-28-15-13-11-9-8-10-12-14-17-34(43)44)27-26-39(6)31(35(30)41)18-19-33-38(5)23-16-22-37(3,4)32(38)21-24-40(33,39)7/h30-33,35H,1,8-28H2,2-7H3,(H,42,45)(H,43,44)/t30-,31+,32-,33?,35+,38-,39+,40+,41-/m0/s1. The van der Waals surface area contributed by atoms with Crippen molar-refractivity contribution in [2.75, 3.05) is 6.54 Å². The van der Waals surface area contributed by atoms with E-state index in [1.165, 1.54) is 76.2 Å². The van der Waals surface area contributed by atoms with E-state index in [2.05, 4.69) is 53.4 Å².